The minimum Gasteiger partial charge on any atom is -0.351 e. The van der Waals surface area contributed by atoms with Crippen LogP contribution in [0.25, 0.3) is 0 Å². The van der Waals surface area contributed by atoms with Crippen molar-refractivity contribution >= 4 is 27.6 Å². The summed E-state index contributed by atoms with van der Waals surface area (Å²) in [7, 11) is 3.05. The normalized spacial score (nSPS) is 9.93. The minimum atomic E-state index is -0.666. The Morgan fingerprint density at radius 3 is 2.71 bits per heavy atom. The molecule has 0 unspecified atom stereocenters. The molecule has 0 radical (unpaired) electrons. The van der Waals surface area contributed by atoms with Crippen LogP contribution in [0.3, 0.4) is 0 Å². The van der Waals surface area contributed by atoms with Crippen LogP contribution in [-0.2, 0) is 7.05 Å². The van der Waals surface area contributed by atoms with Crippen molar-refractivity contribution in [3.8, 4) is 0 Å². The van der Waals surface area contributed by atoms with Crippen LogP contribution in [0.4, 0.5) is 10.5 Å². The molecule has 0 aliphatic carbocycles. The highest BCUT2D eigenvalue weighted by Gasteiger charge is 2.12. The van der Waals surface area contributed by atoms with Gasteiger partial charge in [0.05, 0.1) is 0 Å². The van der Waals surface area contributed by atoms with E-state index in [-0.39, 0.29) is 11.2 Å². The first-order valence-electron chi connectivity index (χ1n) is 3.83. The first kappa shape index (κ1) is 10.8. The summed E-state index contributed by atoms with van der Waals surface area (Å²) >= 11 is 3.23. The lowest BCUT2D eigenvalue weighted by molar-refractivity contribution is 0.255. The molecule has 0 spiro atoms. The molecule has 6 heteroatoms. The Morgan fingerprint density at radius 1 is 1.64 bits per heavy atom. The molecular formula is C8H10BrN3O2. The van der Waals surface area contributed by atoms with E-state index in [2.05, 4.69) is 15.9 Å². The number of amides is 2. The quantitative estimate of drug-likeness (QED) is 0.806. The second-order valence-corrected chi connectivity index (χ2v) is 3.77. The molecule has 76 valence electrons. The highest BCUT2D eigenvalue weighted by Crippen LogP contribution is 2.13. The van der Waals surface area contributed by atoms with Gasteiger partial charge < -0.3 is 10.3 Å². The van der Waals surface area contributed by atoms with Gasteiger partial charge in [-0.3, -0.25) is 9.69 Å². The molecule has 5 nitrogen and oxygen atoms in total. The number of primary amides is 1. The van der Waals surface area contributed by atoms with Gasteiger partial charge in [0, 0.05) is 24.8 Å². The number of pyridine rings is 1. The van der Waals surface area contributed by atoms with Crippen molar-refractivity contribution in [3.63, 3.8) is 0 Å². The first-order chi connectivity index (χ1) is 6.43. The van der Waals surface area contributed by atoms with E-state index >= 15 is 0 Å². The van der Waals surface area contributed by atoms with Gasteiger partial charge in [0.1, 0.15) is 5.69 Å². The van der Waals surface area contributed by atoms with E-state index in [0.29, 0.717) is 4.47 Å². The Kier molecular flexibility index (Phi) is 2.95. The average molecular weight is 260 g/mol. The standard InChI is InChI=1S/C8H10BrN3O2/c1-11-4-5(9)3-6(7(11)13)12(2)8(10)14/h3-4H,1-2H3,(H2,10,14). The van der Waals surface area contributed by atoms with Crippen molar-refractivity contribution < 1.29 is 4.79 Å². The van der Waals surface area contributed by atoms with E-state index in [0.717, 1.165) is 4.90 Å². The van der Waals surface area contributed by atoms with Gasteiger partial charge in [0.2, 0.25) is 0 Å². The first-order valence-corrected chi connectivity index (χ1v) is 4.62. The lowest BCUT2D eigenvalue weighted by atomic mass is 10.4. The van der Waals surface area contributed by atoms with E-state index in [4.69, 9.17) is 5.73 Å². The van der Waals surface area contributed by atoms with Crippen molar-refractivity contribution in [1.29, 1.82) is 0 Å². The van der Waals surface area contributed by atoms with Crippen LogP contribution in [-0.4, -0.2) is 17.6 Å². The molecule has 2 N–H and O–H groups in total. The number of carbonyl (C=O) groups excluding carboxylic acids is 1. The molecule has 0 atom stereocenters. The summed E-state index contributed by atoms with van der Waals surface area (Å²) in [5.41, 5.74) is 5.04. The molecule has 1 heterocycles. The van der Waals surface area contributed by atoms with Crippen molar-refractivity contribution in [3.05, 3.63) is 27.1 Å². The number of anilines is 1. The van der Waals surface area contributed by atoms with Crippen molar-refractivity contribution in [2.24, 2.45) is 12.8 Å². The highest BCUT2D eigenvalue weighted by molar-refractivity contribution is 9.10. The Labute approximate surface area is 89.2 Å². The molecule has 0 bridgehead atoms. The number of hydrogen-bond donors (Lipinski definition) is 1. The van der Waals surface area contributed by atoms with Gasteiger partial charge in [-0.2, -0.15) is 0 Å². The van der Waals surface area contributed by atoms with E-state index in [1.54, 1.807) is 19.3 Å². The Hall–Kier alpha value is -1.30. The van der Waals surface area contributed by atoms with Crippen LogP contribution < -0.4 is 16.2 Å². The van der Waals surface area contributed by atoms with Gasteiger partial charge >= 0.3 is 6.03 Å². The summed E-state index contributed by atoms with van der Waals surface area (Å²) in [6.07, 6.45) is 1.61. The van der Waals surface area contributed by atoms with Crippen molar-refractivity contribution in [1.82, 2.24) is 4.57 Å². The number of rotatable bonds is 1. The number of nitrogens with two attached hydrogens (primary N) is 1. The number of hydrogen-bond acceptors (Lipinski definition) is 2. The van der Waals surface area contributed by atoms with Gasteiger partial charge in [-0.05, 0) is 22.0 Å². The third kappa shape index (κ3) is 1.95. The monoisotopic (exact) mass is 259 g/mol. The maximum Gasteiger partial charge on any atom is 0.319 e. The molecule has 0 fully saturated rings. The molecule has 14 heavy (non-hydrogen) atoms. The summed E-state index contributed by atoms with van der Waals surface area (Å²) in [6.45, 7) is 0. The number of aryl methyl sites for hydroxylation is 1. The summed E-state index contributed by atoms with van der Waals surface area (Å²) in [5, 5.41) is 0. The maximum absolute atomic E-state index is 11.6. The van der Waals surface area contributed by atoms with E-state index in [1.807, 2.05) is 0 Å². The summed E-state index contributed by atoms with van der Waals surface area (Å²) in [5.74, 6) is 0. The lowest BCUT2D eigenvalue weighted by Gasteiger charge is -2.14. The van der Waals surface area contributed by atoms with Crippen molar-refractivity contribution in [2.45, 2.75) is 0 Å². The zero-order valence-electron chi connectivity index (χ0n) is 7.82. The predicted molar refractivity (Wildman–Crippen MR) is 57.4 cm³/mol. The SMILES string of the molecule is CN(C(N)=O)c1cc(Br)cn(C)c1=O. The number of urea groups is 1. The third-order valence-corrected chi connectivity index (χ3v) is 2.26. The number of nitrogens with zero attached hydrogens (tertiary/aromatic N) is 2. The smallest absolute Gasteiger partial charge is 0.319 e. The fourth-order valence-corrected chi connectivity index (χ4v) is 1.54. The fraction of sp³-hybridized carbons (Fsp3) is 0.250. The van der Waals surface area contributed by atoms with E-state index in [1.165, 1.54) is 11.6 Å². The largest absolute Gasteiger partial charge is 0.351 e. The van der Waals surface area contributed by atoms with E-state index < -0.39 is 6.03 Å². The van der Waals surface area contributed by atoms with Gasteiger partial charge in [-0.25, -0.2) is 4.79 Å². The van der Waals surface area contributed by atoms with Crippen LogP contribution in [0.1, 0.15) is 0 Å². The molecule has 0 aliphatic heterocycles. The second-order valence-electron chi connectivity index (χ2n) is 2.86. The van der Waals surface area contributed by atoms with Gasteiger partial charge in [-0.15, -0.1) is 0 Å². The molecular weight excluding hydrogens is 250 g/mol. The zero-order chi connectivity index (χ0) is 10.9. The highest BCUT2D eigenvalue weighted by atomic mass is 79.9. The van der Waals surface area contributed by atoms with Gasteiger partial charge in [-0.1, -0.05) is 0 Å². The van der Waals surface area contributed by atoms with Gasteiger partial charge in [0.15, 0.2) is 0 Å². The van der Waals surface area contributed by atoms with E-state index in [9.17, 15) is 9.59 Å². The Balaban J connectivity index is 3.34. The van der Waals surface area contributed by atoms with Gasteiger partial charge in [0.25, 0.3) is 5.56 Å². The summed E-state index contributed by atoms with van der Waals surface area (Å²) in [6, 6.07) is 0.882. The van der Waals surface area contributed by atoms with Crippen LogP contribution in [0.2, 0.25) is 0 Å². The maximum atomic E-state index is 11.6. The topological polar surface area (TPSA) is 68.3 Å². The number of carbonyl (C=O) groups is 1. The molecule has 1 rings (SSSR count). The zero-order valence-corrected chi connectivity index (χ0v) is 9.41. The van der Waals surface area contributed by atoms with Crippen LogP contribution in [0.15, 0.2) is 21.5 Å². The Bertz CT molecular complexity index is 427. The Morgan fingerprint density at radius 2 is 2.21 bits per heavy atom. The average Bonchev–Trinajstić information content (AvgIpc) is 2.09. The molecule has 0 aliphatic rings. The molecule has 1 aromatic heterocycles. The third-order valence-electron chi connectivity index (χ3n) is 1.82. The summed E-state index contributed by atoms with van der Waals surface area (Å²) in [4.78, 5) is 23.5. The molecule has 0 saturated heterocycles. The fourth-order valence-electron chi connectivity index (χ4n) is 1.01. The second kappa shape index (κ2) is 3.83. The summed E-state index contributed by atoms with van der Waals surface area (Å²) < 4.78 is 2.08. The predicted octanol–water partition coefficient (Wildman–Crippen LogP) is 0.663. The molecule has 2 amide bonds. The van der Waals surface area contributed by atoms with Crippen LogP contribution >= 0.6 is 15.9 Å². The molecule has 0 aromatic carbocycles. The number of halogens is 1. The minimum absolute atomic E-state index is 0.245. The lowest BCUT2D eigenvalue weighted by Crippen LogP contribution is -2.36. The molecule has 1 aromatic rings. The van der Waals surface area contributed by atoms with Crippen LogP contribution in [0, 0.1) is 0 Å². The molecule has 0 saturated carbocycles. The van der Waals surface area contributed by atoms with Crippen molar-refractivity contribution in [2.75, 3.05) is 11.9 Å². The van der Waals surface area contributed by atoms with Crippen LogP contribution in [0.5, 0.6) is 0 Å². The number of aromatic nitrogens is 1.